The highest BCUT2D eigenvalue weighted by atomic mass is 16.5. The Balaban J connectivity index is 1.88. The van der Waals surface area contributed by atoms with Crippen LogP contribution in [0.4, 0.5) is 0 Å². The lowest BCUT2D eigenvalue weighted by Crippen LogP contribution is -2.35. The maximum Gasteiger partial charge on any atom is 0.311 e. The van der Waals surface area contributed by atoms with Crippen LogP contribution in [0.2, 0.25) is 0 Å². The van der Waals surface area contributed by atoms with E-state index in [0.29, 0.717) is 22.8 Å². The van der Waals surface area contributed by atoms with Crippen LogP contribution in [0, 0.1) is 0 Å². The van der Waals surface area contributed by atoms with Gasteiger partial charge in [0.25, 0.3) is 5.91 Å². The molecule has 0 aromatic heterocycles. The first-order valence-electron chi connectivity index (χ1n) is 8.78. The number of nitrogens with one attached hydrogen (secondary N) is 1. The van der Waals surface area contributed by atoms with E-state index in [1.807, 2.05) is 24.3 Å². The molecule has 0 fully saturated rings. The summed E-state index contributed by atoms with van der Waals surface area (Å²) >= 11 is 0. The van der Waals surface area contributed by atoms with Gasteiger partial charge in [-0.1, -0.05) is 24.3 Å². The van der Waals surface area contributed by atoms with Crippen LogP contribution in [0.15, 0.2) is 42.5 Å². The molecule has 0 heterocycles. The van der Waals surface area contributed by atoms with E-state index in [1.54, 1.807) is 25.3 Å². The summed E-state index contributed by atoms with van der Waals surface area (Å²) in [5.41, 5.74) is 1.53. The lowest BCUT2D eigenvalue weighted by molar-refractivity contribution is -0.154. The number of benzene rings is 2. The first kappa shape index (κ1) is 21.1. The molecule has 7 nitrogen and oxygen atoms in total. The van der Waals surface area contributed by atoms with Crippen LogP contribution < -0.4 is 19.5 Å². The Morgan fingerprint density at radius 2 is 1.61 bits per heavy atom. The van der Waals surface area contributed by atoms with Gasteiger partial charge in [0.1, 0.15) is 5.75 Å². The van der Waals surface area contributed by atoms with Gasteiger partial charge >= 0.3 is 5.97 Å². The van der Waals surface area contributed by atoms with E-state index in [4.69, 9.17) is 18.9 Å². The average molecular weight is 387 g/mol. The number of methoxy groups -OCH3 is 3. The van der Waals surface area contributed by atoms with Gasteiger partial charge < -0.3 is 24.3 Å². The number of esters is 1. The summed E-state index contributed by atoms with van der Waals surface area (Å²) in [5, 5.41) is 2.74. The van der Waals surface area contributed by atoms with Crippen molar-refractivity contribution in [3.05, 3.63) is 53.6 Å². The monoisotopic (exact) mass is 387 g/mol. The molecule has 0 saturated carbocycles. The molecule has 0 saturated heterocycles. The Kier molecular flexibility index (Phi) is 7.68. The summed E-state index contributed by atoms with van der Waals surface area (Å²) < 4.78 is 20.9. The summed E-state index contributed by atoms with van der Waals surface area (Å²) in [6, 6.07) is 12.5. The minimum Gasteiger partial charge on any atom is -0.496 e. The van der Waals surface area contributed by atoms with E-state index < -0.39 is 12.1 Å². The second-order valence-corrected chi connectivity index (χ2v) is 6.03. The standard InChI is InChI=1S/C21H25NO6/c1-14(21(24)22-13-16-7-5-6-8-17(16)25-2)28-20(23)12-15-9-10-18(26-3)19(11-15)27-4/h5-11,14H,12-13H2,1-4H3,(H,22,24). The fourth-order valence-electron chi connectivity index (χ4n) is 2.62. The highest BCUT2D eigenvalue weighted by Crippen LogP contribution is 2.27. The van der Waals surface area contributed by atoms with Crippen LogP contribution in [-0.2, 0) is 27.3 Å². The van der Waals surface area contributed by atoms with Crippen molar-refractivity contribution in [2.24, 2.45) is 0 Å². The topological polar surface area (TPSA) is 83.1 Å². The quantitative estimate of drug-likeness (QED) is 0.666. The van der Waals surface area contributed by atoms with Crippen LogP contribution in [0.1, 0.15) is 18.1 Å². The third kappa shape index (κ3) is 5.64. The summed E-state index contributed by atoms with van der Waals surface area (Å²) in [6.45, 7) is 1.81. The van der Waals surface area contributed by atoms with E-state index in [2.05, 4.69) is 5.32 Å². The molecule has 28 heavy (non-hydrogen) atoms. The maximum absolute atomic E-state index is 12.2. The van der Waals surface area contributed by atoms with Gasteiger partial charge in [0.15, 0.2) is 17.6 Å². The first-order valence-corrected chi connectivity index (χ1v) is 8.78. The van der Waals surface area contributed by atoms with Gasteiger partial charge in [-0.25, -0.2) is 0 Å². The van der Waals surface area contributed by atoms with Gasteiger partial charge in [0, 0.05) is 12.1 Å². The molecule has 150 valence electrons. The SMILES string of the molecule is COc1ccccc1CNC(=O)C(C)OC(=O)Cc1ccc(OC)c(OC)c1. The third-order valence-corrected chi connectivity index (χ3v) is 4.12. The first-order chi connectivity index (χ1) is 13.5. The number of carbonyl (C=O) groups excluding carboxylic acids is 2. The molecule has 0 aliphatic carbocycles. The largest absolute Gasteiger partial charge is 0.496 e. The number of para-hydroxylation sites is 1. The number of hydrogen-bond donors (Lipinski definition) is 1. The Bertz CT molecular complexity index is 820. The summed E-state index contributed by atoms with van der Waals surface area (Å²) in [4.78, 5) is 24.4. The maximum atomic E-state index is 12.2. The highest BCUT2D eigenvalue weighted by molar-refractivity contribution is 5.84. The Labute approximate surface area is 164 Å². The smallest absolute Gasteiger partial charge is 0.311 e. The molecule has 1 amide bonds. The van der Waals surface area contributed by atoms with E-state index in [1.165, 1.54) is 21.1 Å². The molecule has 0 radical (unpaired) electrons. The molecule has 0 aliphatic heterocycles. The molecule has 0 spiro atoms. The molecule has 1 N–H and O–H groups in total. The Hall–Kier alpha value is -3.22. The molecular formula is C21H25NO6. The predicted molar refractivity (Wildman–Crippen MR) is 104 cm³/mol. The Morgan fingerprint density at radius 1 is 0.929 bits per heavy atom. The minimum absolute atomic E-state index is 0.0183. The molecule has 1 atom stereocenters. The van der Waals surface area contributed by atoms with E-state index in [0.717, 1.165) is 5.56 Å². The normalized spacial score (nSPS) is 11.3. The minimum atomic E-state index is -0.914. The number of amides is 1. The lowest BCUT2D eigenvalue weighted by atomic mass is 10.1. The van der Waals surface area contributed by atoms with Crippen molar-refractivity contribution in [3.63, 3.8) is 0 Å². The molecule has 0 bridgehead atoms. The van der Waals surface area contributed by atoms with Crippen molar-refractivity contribution >= 4 is 11.9 Å². The fraction of sp³-hybridized carbons (Fsp3) is 0.333. The predicted octanol–water partition coefficient (Wildman–Crippen LogP) is 2.50. The van der Waals surface area contributed by atoms with Crippen molar-refractivity contribution in [3.8, 4) is 17.2 Å². The number of carbonyl (C=O) groups is 2. The zero-order valence-corrected chi connectivity index (χ0v) is 16.5. The van der Waals surface area contributed by atoms with Crippen LogP contribution in [0.25, 0.3) is 0 Å². The zero-order valence-electron chi connectivity index (χ0n) is 16.5. The van der Waals surface area contributed by atoms with Crippen molar-refractivity contribution in [1.82, 2.24) is 5.32 Å². The molecular weight excluding hydrogens is 362 g/mol. The van der Waals surface area contributed by atoms with Crippen molar-refractivity contribution in [2.45, 2.75) is 26.0 Å². The van der Waals surface area contributed by atoms with Crippen LogP contribution >= 0.6 is 0 Å². The van der Waals surface area contributed by atoms with Gasteiger partial charge in [-0.15, -0.1) is 0 Å². The summed E-state index contributed by atoms with van der Waals surface area (Å²) in [5.74, 6) is 0.888. The number of hydrogen-bond acceptors (Lipinski definition) is 6. The molecule has 0 aliphatic rings. The second kappa shape index (κ2) is 10.2. The fourth-order valence-corrected chi connectivity index (χ4v) is 2.62. The van der Waals surface area contributed by atoms with Gasteiger partial charge in [-0.3, -0.25) is 9.59 Å². The number of rotatable bonds is 9. The average Bonchev–Trinajstić information content (AvgIpc) is 2.71. The highest BCUT2D eigenvalue weighted by Gasteiger charge is 2.18. The van der Waals surface area contributed by atoms with Gasteiger partial charge in [-0.2, -0.15) is 0 Å². The Morgan fingerprint density at radius 3 is 2.29 bits per heavy atom. The molecule has 2 aromatic carbocycles. The van der Waals surface area contributed by atoms with E-state index in [9.17, 15) is 9.59 Å². The van der Waals surface area contributed by atoms with Gasteiger partial charge in [-0.05, 0) is 30.7 Å². The van der Waals surface area contributed by atoms with E-state index in [-0.39, 0.29) is 18.9 Å². The van der Waals surface area contributed by atoms with Crippen molar-refractivity contribution in [1.29, 1.82) is 0 Å². The summed E-state index contributed by atoms with van der Waals surface area (Å²) in [7, 11) is 4.63. The zero-order chi connectivity index (χ0) is 20.5. The van der Waals surface area contributed by atoms with Crippen molar-refractivity contribution in [2.75, 3.05) is 21.3 Å². The van der Waals surface area contributed by atoms with Crippen molar-refractivity contribution < 1.29 is 28.5 Å². The molecule has 7 heteroatoms. The third-order valence-electron chi connectivity index (χ3n) is 4.12. The van der Waals surface area contributed by atoms with Gasteiger partial charge in [0.2, 0.25) is 0 Å². The van der Waals surface area contributed by atoms with Crippen LogP contribution in [0.5, 0.6) is 17.2 Å². The molecule has 2 rings (SSSR count). The van der Waals surface area contributed by atoms with Gasteiger partial charge in [0.05, 0.1) is 27.8 Å². The van der Waals surface area contributed by atoms with Crippen LogP contribution in [-0.4, -0.2) is 39.3 Å². The molecule has 2 aromatic rings. The van der Waals surface area contributed by atoms with E-state index >= 15 is 0 Å². The van der Waals surface area contributed by atoms with Crippen LogP contribution in [0.3, 0.4) is 0 Å². The molecule has 1 unspecified atom stereocenters. The second-order valence-electron chi connectivity index (χ2n) is 6.03. The summed E-state index contributed by atoms with van der Waals surface area (Å²) in [6.07, 6.45) is -0.896. The number of ether oxygens (including phenoxy) is 4. The lowest BCUT2D eigenvalue weighted by Gasteiger charge is -2.15.